The minimum Gasteiger partial charge on any atom is -0.393 e. The third kappa shape index (κ3) is 8.30. The monoisotopic (exact) mass is 602 g/mol. The summed E-state index contributed by atoms with van der Waals surface area (Å²) in [6.45, 7) is 1.15. The summed E-state index contributed by atoms with van der Waals surface area (Å²) in [5.74, 6) is -4.10. The van der Waals surface area contributed by atoms with Crippen LogP contribution in [0.25, 0.3) is 0 Å². The zero-order valence-electron chi connectivity index (χ0n) is 22.2. The molecule has 7 nitrogen and oxygen atoms in total. The number of hydrogen-bond donors (Lipinski definition) is 3. The number of nitrogens with zero attached hydrogens (tertiary/aromatic N) is 2. The van der Waals surface area contributed by atoms with Crippen molar-refractivity contribution in [2.45, 2.75) is 50.9 Å². The van der Waals surface area contributed by atoms with Crippen molar-refractivity contribution in [3.8, 4) is 0 Å². The number of piperazine rings is 1. The van der Waals surface area contributed by atoms with E-state index >= 15 is 0 Å². The standard InChI is InChI=1S/C28H32ClF5N4O3/c29-19-4-8-22(23(15-19)38-13-11-37(12-14-38)10-9-28(32,33)34)36-27(41)21-7-3-18(24(30)25(21)31)16-35-26(40)17-1-5-20(39)6-2-17/h3-4,7-8,15,17,20,39H,1-2,5-6,9-14,16H2,(H,35,40)(H,36,41)/t17-,20-. The van der Waals surface area contributed by atoms with Gasteiger partial charge in [-0.3, -0.25) is 14.5 Å². The number of aliphatic hydroxyl groups excluding tert-OH is 1. The number of carbonyl (C=O) groups is 2. The Morgan fingerprint density at radius 3 is 2.32 bits per heavy atom. The van der Waals surface area contributed by atoms with Crippen molar-refractivity contribution in [2.24, 2.45) is 5.92 Å². The number of amides is 2. The van der Waals surface area contributed by atoms with Gasteiger partial charge in [0.2, 0.25) is 5.91 Å². The van der Waals surface area contributed by atoms with E-state index in [1.54, 1.807) is 11.0 Å². The number of halogens is 6. The van der Waals surface area contributed by atoms with E-state index in [0.717, 1.165) is 6.07 Å². The molecule has 3 N–H and O–H groups in total. The van der Waals surface area contributed by atoms with Gasteiger partial charge in [-0.25, -0.2) is 8.78 Å². The number of alkyl halides is 3. The maximum Gasteiger partial charge on any atom is 0.390 e. The molecule has 0 aromatic heterocycles. The van der Waals surface area contributed by atoms with Crippen LogP contribution in [0.1, 0.15) is 48.0 Å². The van der Waals surface area contributed by atoms with Crippen LogP contribution in [0.2, 0.25) is 5.02 Å². The number of nitrogens with one attached hydrogen (secondary N) is 2. The Balaban J connectivity index is 1.39. The van der Waals surface area contributed by atoms with Crippen LogP contribution >= 0.6 is 11.6 Å². The van der Waals surface area contributed by atoms with Gasteiger partial charge in [-0.2, -0.15) is 13.2 Å². The summed E-state index contributed by atoms with van der Waals surface area (Å²) in [6.07, 6.45) is -3.49. The molecule has 224 valence electrons. The molecule has 1 aliphatic carbocycles. The van der Waals surface area contributed by atoms with Crippen LogP contribution in [-0.4, -0.2) is 66.8 Å². The quantitative estimate of drug-likeness (QED) is 0.366. The minimum absolute atomic E-state index is 0.105. The molecule has 2 amide bonds. The van der Waals surface area contributed by atoms with E-state index in [1.807, 2.05) is 4.90 Å². The second-order valence-electron chi connectivity index (χ2n) is 10.4. The maximum absolute atomic E-state index is 15.0. The maximum atomic E-state index is 15.0. The predicted octanol–water partition coefficient (Wildman–Crippen LogP) is 5.11. The predicted molar refractivity (Wildman–Crippen MR) is 145 cm³/mol. The van der Waals surface area contributed by atoms with Gasteiger partial charge in [0, 0.05) is 55.8 Å². The number of anilines is 2. The molecule has 2 fully saturated rings. The van der Waals surface area contributed by atoms with E-state index in [9.17, 15) is 36.6 Å². The molecule has 4 rings (SSSR count). The first-order chi connectivity index (χ1) is 19.4. The fourth-order valence-electron chi connectivity index (χ4n) is 5.13. The first kappa shape index (κ1) is 31.0. The van der Waals surface area contributed by atoms with Gasteiger partial charge in [0.1, 0.15) is 0 Å². The molecule has 0 bridgehead atoms. The number of aliphatic hydroxyl groups is 1. The molecular formula is C28H32ClF5N4O3. The lowest BCUT2D eigenvalue weighted by Gasteiger charge is -2.37. The summed E-state index contributed by atoms with van der Waals surface area (Å²) in [5.41, 5.74) is 0.157. The Bertz CT molecular complexity index is 1250. The molecule has 1 saturated carbocycles. The van der Waals surface area contributed by atoms with Crippen molar-refractivity contribution in [3.63, 3.8) is 0 Å². The average molecular weight is 603 g/mol. The molecule has 13 heteroatoms. The second-order valence-corrected chi connectivity index (χ2v) is 10.9. The Morgan fingerprint density at radius 2 is 1.66 bits per heavy atom. The summed E-state index contributed by atoms with van der Waals surface area (Å²) in [7, 11) is 0. The number of carbonyl (C=O) groups excluding carboxylic acids is 2. The first-order valence-electron chi connectivity index (χ1n) is 13.5. The molecule has 2 aliphatic rings. The Morgan fingerprint density at radius 1 is 0.976 bits per heavy atom. The highest BCUT2D eigenvalue weighted by Crippen LogP contribution is 2.32. The Kier molecular flexibility index (Phi) is 10.1. The molecule has 2 aromatic rings. The van der Waals surface area contributed by atoms with Crippen molar-refractivity contribution in [1.29, 1.82) is 0 Å². The number of benzene rings is 2. The first-order valence-corrected chi connectivity index (χ1v) is 13.9. The van der Waals surface area contributed by atoms with E-state index in [0.29, 0.717) is 62.6 Å². The van der Waals surface area contributed by atoms with E-state index in [2.05, 4.69) is 10.6 Å². The number of rotatable bonds is 8. The average Bonchev–Trinajstić information content (AvgIpc) is 2.93. The number of hydrogen-bond acceptors (Lipinski definition) is 5. The minimum atomic E-state index is -4.23. The second kappa shape index (κ2) is 13.3. The molecule has 0 unspecified atom stereocenters. The van der Waals surface area contributed by atoms with Gasteiger partial charge in [0.25, 0.3) is 5.91 Å². The topological polar surface area (TPSA) is 84.9 Å². The van der Waals surface area contributed by atoms with Crippen molar-refractivity contribution >= 4 is 34.8 Å². The van der Waals surface area contributed by atoms with Crippen molar-refractivity contribution in [3.05, 3.63) is 58.1 Å². The molecule has 2 aromatic carbocycles. The highest BCUT2D eigenvalue weighted by molar-refractivity contribution is 6.31. The molecular weight excluding hydrogens is 571 g/mol. The summed E-state index contributed by atoms with van der Waals surface area (Å²) < 4.78 is 67.5. The fraction of sp³-hybridized carbons (Fsp3) is 0.500. The van der Waals surface area contributed by atoms with Crippen LogP contribution in [0.15, 0.2) is 30.3 Å². The van der Waals surface area contributed by atoms with Crippen LogP contribution < -0.4 is 15.5 Å². The summed E-state index contributed by atoms with van der Waals surface area (Å²) in [5, 5.41) is 15.2. The molecule has 0 spiro atoms. The lowest BCUT2D eigenvalue weighted by Crippen LogP contribution is -2.47. The van der Waals surface area contributed by atoms with Crippen molar-refractivity contribution in [2.75, 3.05) is 42.9 Å². The Hall–Kier alpha value is -2.96. The van der Waals surface area contributed by atoms with Crippen LogP contribution in [-0.2, 0) is 11.3 Å². The Labute approximate surface area is 239 Å². The van der Waals surface area contributed by atoms with E-state index in [1.165, 1.54) is 18.2 Å². The zero-order valence-corrected chi connectivity index (χ0v) is 23.0. The SMILES string of the molecule is O=C(Nc1ccc(Cl)cc1N1CCN(CCC(F)(F)F)CC1)c1ccc(CNC(=O)[C@H]2CC[C@H](O)CC2)c(F)c1F. The van der Waals surface area contributed by atoms with Crippen molar-refractivity contribution in [1.82, 2.24) is 10.2 Å². The van der Waals surface area contributed by atoms with Crippen LogP contribution in [0.3, 0.4) is 0 Å². The van der Waals surface area contributed by atoms with E-state index < -0.39 is 41.8 Å². The van der Waals surface area contributed by atoms with Crippen molar-refractivity contribution < 1.29 is 36.6 Å². The van der Waals surface area contributed by atoms with Crippen LogP contribution in [0.4, 0.5) is 33.3 Å². The lowest BCUT2D eigenvalue weighted by atomic mass is 9.87. The van der Waals surface area contributed by atoms with Gasteiger partial charge in [0.15, 0.2) is 11.6 Å². The van der Waals surface area contributed by atoms with Gasteiger partial charge in [-0.05, 0) is 49.9 Å². The smallest absolute Gasteiger partial charge is 0.390 e. The molecule has 1 heterocycles. The normalized spacial score (nSPS) is 20.1. The van der Waals surface area contributed by atoms with E-state index in [4.69, 9.17) is 11.6 Å². The van der Waals surface area contributed by atoms with Gasteiger partial charge >= 0.3 is 6.18 Å². The summed E-state index contributed by atoms with van der Waals surface area (Å²) in [4.78, 5) is 28.9. The van der Waals surface area contributed by atoms with Gasteiger partial charge in [0.05, 0.1) is 29.5 Å². The zero-order chi connectivity index (χ0) is 29.7. The fourth-order valence-corrected chi connectivity index (χ4v) is 5.29. The highest BCUT2D eigenvalue weighted by atomic mass is 35.5. The molecule has 0 atom stereocenters. The third-order valence-electron chi connectivity index (χ3n) is 7.56. The molecule has 1 aliphatic heterocycles. The third-order valence-corrected chi connectivity index (χ3v) is 7.80. The van der Waals surface area contributed by atoms with Crippen LogP contribution in [0, 0.1) is 17.6 Å². The molecule has 0 radical (unpaired) electrons. The van der Waals surface area contributed by atoms with Gasteiger partial charge in [-0.1, -0.05) is 17.7 Å². The highest BCUT2D eigenvalue weighted by Gasteiger charge is 2.30. The largest absolute Gasteiger partial charge is 0.393 e. The summed E-state index contributed by atoms with van der Waals surface area (Å²) >= 11 is 6.16. The summed E-state index contributed by atoms with van der Waals surface area (Å²) in [6, 6.07) is 7.02. The van der Waals surface area contributed by atoms with Crippen LogP contribution in [0.5, 0.6) is 0 Å². The van der Waals surface area contributed by atoms with E-state index in [-0.39, 0.29) is 36.2 Å². The molecule has 41 heavy (non-hydrogen) atoms. The lowest BCUT2D eigenvalue weighted by molar-refractivity contribution is -0.138. The molecule has 1 saturated heterocycles. The van der Waals surface area contributed by atoms with Gasteiger partial charge < -0.3 is 20.6 Å². The van der Waals surface area contributed by atoms with Gasteiger partial charge in [-0.15, -0.1) is 0 Å².